The van der Waals surface area contributed by atoms with E-state index in [1.807, 2.05) is 11.8 Å². The zero-order valence-corrected chi connectivity index (χ0v) is 26.0. The van der Waals surface area contributed by atoms with Gasteiger partial charge >= 0.3 is 26.2 Å². The van der Waals surface area contributed by atoms with Gasteiger partial charge in [0.2, 0.25) is 0 Å². The average Bonchev–Trinajstić information content (AvgIpc) is 3.45. The van der Waals surface area contributed by atoms with E-state index in [0.717, 1.165) is 23.7 Å². The van der Waals surface area contributed by atoms with E-state index in [0.29, 0.717) is 0 Å². The molecule has 0 aromatic rings. The summed E-state index contributed by atoms with van der Waals surface area (Å²) in [5, 5.41) is 0. The number of rotatable bonds is 2. The number of hydrogen-bond donors (Lipinski definition) is 0. The van der Waals surface area contributed by atoms with E-state index < -0.39 is 0 Å². The second kappa shape index (κ2) is 14.9. The summed E-state index contributed by atoms with van der Waals surface area (Å²) in [5.74, 6) is 7.41. The maximum atomic E-state index is 2.41. The molecule has 33 heavy (non-hydrogen) atoms. The van der Waals surface area contributed by atoms with E-state index in [2.05, 4.69) is 36.5 Å². The predicted molar refractivity (Wildman–Crippen MR) is 129 cm³/mol. The van der Waals surface area contributed by atoms with E-state index >= 15 is 0 Å². The van der Waals surface area contributed by atoms with E-state index in [-0.39, 0.29) is 60.2 Å². The third-order valence-electron chi connectivity index (χ3n) is 9.01. The van der Waals surface area contributed by atoms with E-state index in [1.54, 1.807) is 11.1 Å². The standard InChI is InChI=1S/2C15H21.2BrH.Zr/c2*1-2-6-12(7-3-1)15-11-10-13-8-4-5-9-14(13)15;;;/h2*4-5,9,12-13H,1-3,6-8,10-11H2;2*1H;/q2*-1;;;+4/p-2. The molecule has 4 fully saturated rings. The monoisotopic (exact) mass is 650 g/mol. The van der Waals surface area contributed by atoms with Crippen molar-refractivity contribution in [3.63, 3.8) is 0 Å². The molecule has 2 unspecified atom stereocenters. The van der Waals surface area contributed by atoms with Crippen molar-refractivity contribution < 1.29 is 60.2 Å². The first-order chi connectivity index (χ1) is 14.9. The third-order valence-corrected chi connectivity index (χ3v) is 9.01. The summed E-state index contributed by atoms with van der Waals surface area (Å²) in [5.41, 5.74) is 3.48. The van der Waals surface area contributed by atoms with Crippen LogP contribution in [0.3, 0.4) is 0 Å². The summed E-state index contributed by atoms with van der Waals surface area (Å²) in [7, 11) is 0. The maximum Gasteiger partial charge on any atom is 4.00 e. The van der Waals surface area contributed by atoms with Gasteiger partial charge in [-0.05, 0) is 24.7 Å². The topological polar surface area (TPSA) is 0 Å². The van der Waals surface area contributed by atoms with Crippen LogP contribution in [0.4, 0.5) is 0 Å². The zero-order valence-electron chi connectivity index (χ0n) is 20.3. The van der Waals surface area contributed by atoms with Gasteiger partial charge in [-0.3, -0.25) is 0 Å². The van der Waals surface area contributed by atoms with Gasteiger partial charge in [-0.15, -0.1) is 24.3 Å². The smallest absolute Gasteiger partial charge is 1.00 e. The molecule has 0 nitrogen and oxygen atoms in total. The molecule has 0 amide bonds. The van der Waals surface area contributed by atoms with Crippen molar-refractivity contribution in [1.29, 1.82) is 0 Å². The average molecular weight is 654 g/mol. The molecule has 0 heterocycles. The van der Waals surface area contributed by atoms with Crippen LogP contribution in [0.25, 0.3) is 0 Å². The fourth-order valence-electron chi connectivity index (χ4n) is 7.37. The summed E-state index contributed by atoms with van der Waals surface area (Å²) in [6, 6.07) is 0. The first-order valence-corrected chi connectivity index (χ1v) is 13.4. The minimum absolute atomic E-state index is 0. The number of halogens is 2. The van der Waals surface area contributed by atoms with Crippen molar-refractivity contribution in [2.24, 2.45) is 23.7 Å². The van der Waals surface area contributed by atoms with Gasteiger partial charge in [0.15, 0.2) is 0 Å². The number of allylic oxidation sites excluding steroid dienone is 8. The fraction of sp³-hybridized carbons (Fsp3) is 0.667. The quantitative estimate of drug-likeness (QED) is 0.403. The van der Waals surface area contributed by atoms with Crippen LogP contribution >= 0.6 is 0 Å². The van der Waals surface area contributed by atoms with Crippen molar-refractivity contribution in [3.8, 4) is 0 Å². The Morgan fingerprint density at radius 3 is 1.33 bits per heavy atom. The zero-order chi connectivity index (χ0) is 20.2. The molecule has 3 heteroatoms. The van der Waals surface area contributed by atoms with Crippen LogP contribution in [0.5, 0.6) is 0 Å². The van der Waals surface area contributed by atoms with Gasteiger partial charge in [-0.2, -0.15) is 0 Å². The minimum atomic E-state index is 0. The van der Waals surface area contributed by atoms with Crippen LogP contribution in [0.1, 0.15) is 103 Å². The molecular weight excluding hydrogens is 611 g/mol. The van der Waals surface area contributed by atoms with Gasteiger partial charge in [0.05, 0.1) is 0 Å². The summed E-state index contributed by atoms with van der Waals surface area (Å²) >= 11 is 0. The van der Waals surface area contributed by atoms with Crippen molar-refractivity contribution in [1.82, 2.24) is 0 Å². The van der Waals surface area contributed by atoms with Gasteiger partial charge in [-0.25, -0.2) is 35.1 Å². The Kier molecular flexibility index (Phi) is 13.5. The van der Waals surface area contributed by atoms with Crippen LogP contribution in [-0.2, 0) is 26.2 Å². The Labute approximate surface area is 244 Å². The van der Waals surface area contributed by atoms with Gasteiger partial charge < -0.3 is 34.0 Å². The second-order valence-corrected chi connectivity index (χ2v) is 10.8. The van der Waals surface area contributed by atoms with E-state index in [4.69, 9.17) is 0 Å². The summed E-state index contributed by atoms with van der Waals surface area (Å²) in [6.45, 7) is 0. The molecule has 0 aliphatic heterocycles. The molecule has 0 spiro atoms. The molecule has 0 radical (unpaired) electrons. The molecule has 0 aromatic heterocycles. The fourth-order valence-corrected chi connectivity index (χ4v) is 7.37. The van der Waals surface area contributed by atoms with Crippen molar-refractivity contribution in [3.05, 3.63) is 59.4 Å². The largest absolute Gasteiger partial charge is 4.00 e. The minimum Gasteiger partial charge on any atom is -1.00 e. The Morgan fingerprint density at radius 2 is 0.939 bits per heavy atom. The van der Waals surface area contributed by atoms with Crippen molar-refractivity contribution >= 4 is 0 Å². The molecule has 6 aliphatic carbocycles. The van der Waals surface area contributed by atoms with Gasteiger partial charge in [0.25, 0.3) is 0 Å². The Morgan fingerprint density at radius 1 is 0.545 bits per heavy atom. The van der Waals surface area contributed by atoms with Gasteiger partial charge in [0, 0.05) is 0 Å². The predicted octanol–water partition coefficient (Wildman–Crippen LogP) is 2.88. The third kappa shape index (κ3) is 7.29. The molecule has 4 saturated carbocycles. The summed E-state index contributed by atoms with van der Waals surface area (Å²) in [6.07, 6.45) is 37.1. The molecule has 0 saturated heterocycles. The number of hydrogen-bond acceptors (Lipinski definition) is 0. The van der Waals surface area contributed by atoms with E-state index in [9.17, 15) is 0 Å². The second-order valence-electron chi connectivity index (χ2n) is 10.8. The van der Waals surface area contributed by atoms with Crippen LogP contribution in [-0.4, -0.2) is 0 Å². The maximum absolute atomic E-state index is 2.41. The molecule has 0 aromatic carbocycles. The molecule has 180 valence electrons. The first kappa shape index (κ1) is 29.8. The van der Waals surface area contributed by atoms with Crippen LogP contribution < -0.4 is 34.0 Å². The van der Waals surface area contributed by atoms with Crippen LogP contribution in [0.15, 0.2) is 47.6 Å². The Balaban J connectivity index is 0.000000214. The van der Waals surface area contributed by atoms with Gasteiger partial charge in [0.1, 0.15) is 0 Å². The SMILES string of the molecule is C1=CCC2CC[C-](C3CCCCC3)C2=C1.C1=CCC2CC[C-](C3CCCCC3)C2=C1.[Br-].[Br-].[Zr+4]. The molecular formula is C30H42Br2Zr. The molecule has 2 atom stereocenters. The summed E-state index contributed by atoms with van der Waals surface area (Å²) < 4.78 is 0. The van der Waals surface area contributed by atoms with Gasteiger partial charge in [-0.1, -0.05) is 102 Å². The Hall–Kier alpha value is 0.543. The molecule has 0 N–H and O–H groups in total. The summed E-state index contributed by atoms with van der Waals surface area (Å²) in [4.78, 5) is 0. The number of fused-ring (bicyclic) bond motifs is 2. The van der Waals surface area contributed by atoms with E-state index in [1.165, 1.54) is 103 Å². The first-order valence-electron chi connectivity index (χ1n) is 13.4. The molecule has 0 bridgehead atoms. The van der Waals surface area contributed by atoms with Crippen LogP contribution in [0, 0.1) is 35.5 Å². The van der Waals surface area contributed by atoms with Crippen LogP contribution in [0.2, 0.25) is 0 Å². The Bertz CT molecular complexity index is 634. The molecule has 6 aliphatic rings. The van der Waals surface area contributed by atoms with Crippen molar-refractivity contribution in [2.45, 2.75) is 103 Å². The van der Waals surface area contributed by atoms with Crippen molar-refractivity contribution in [2.75, 3.05) is 0 Å². The normalized spacial score (nSPS) is 28.7. The molecule has 6 rings (SSSR count).